The Morgan fingerprint density at radius 2 is 1.61 bits per heavy atom. The van der Waals surface area contributed by atoms with E-state index in [1.807, 2.05) is 30.5 Å². The van der Waals surface area contributed by atoms with Gasteiger partial charge in [0.25, 0.3) is 11.8 Å². The highest BCUT2D eigenvalue weighted by molar-refractivity contribution is 7.98. The molecular formula is C27H29N3O5S. The van der Waals surface area contributed by atoms with Crippen molar-refractivity contribution in [1.82, 2.24) is 15.6 Å². The lowest BCUT2D eigenvalue weighted by molar-refractivity contribution is 0.0888. The molecule has 1 aliphatic rings. The van der Waals surface area contributed by atoms with Crippen molar-refractivity contribution in [3.8, 4) is 23.1 Å². The third-order valence-electron chi connectivity index (χ3n) is 6.12. The van der Waals surface area contributed by atoms with Gasteiger partial charge in [0, 0.05) is 29.2 Å². The van der Waals surface area contributed by atoms with E-state index in [-0.39, 0.29) is 41.1 Å². The molecule has 8 nitrogen and oxygen atoms in total. The number of rotatable bonds is 8. The molecule has 2 aromatic carbocycles. The van der Waals surface area contributed by atoms with Crippen molar-refractivity contribution in [2.75, 3.05) is 13.4 Å². The summed E-state index contributed by atoms with van der Waals surface area (Å²) < 4.78 is 11.0. The molecular weight excluding hydrogens is 478 g/mol. The summed E-state index contributed by atoms with van der Waals surface area (Å²) in [5.74, 6) is 0.667. The Morgan fingerprint density at radius 1 is 0.917 bits per heavy atom. The van der Waals surface area contributed by atoms with Crippen LogP contribution in [-0.2, 0) is 0 Å². The number of amides is 2. The van der Waals surface area contributed by atoms with Gasteiger partial charge in [-0.1, -0.05) is 6.07 Å². The van der Waals surface area contributed by atoms with E-state index in [0.717, 1.165) is 17.7 Å². The summed E-state index contributed by atoms with van der Waals surface area (Å²) in [7, 11) is 1.50. The van der Waals surface area contributed by atoms with Crippen LogP contribution in [0.3, 0.4) is 0 Å². The number of carbonyl (C=O) groups excluding carboxylic acids is 2. The van der Waals surface area contributed by atoms with Crippen molar-refractivity contribution in [2.24, 2.45) is 0 Å². The summed E-state index contributed by atoms with van der Waals surface area (Å²) in [5, 5.41) is 16.2. The Labute approximate surface area is 214 Å². The van der Waals surface area contributed by atoms with Gasteiger partial charge in [-0.2, -0.15) is 0 Å². The largest absolute Gasteiger partial charge is 0.507 e. The molecule has 0 spiro atoms. The van der Waals surface area contributed by atoms with E-state index in [1.165, 1.54) is 13.2 Å². The Hall–Kier alpha value is -3.72. The number of aromatic hydroxyl groups is 1. The van der Waals surface area contributed by atoms with Crippen molar-refractivity contribution < 1.29 is 24.2 Å². The lowest BCUT2D eigenvalue weighted by Crippen LogP contribution is -2.43. The molecule has 0 atom stereocenters. The number of benzene rings is 2. The van der Waals surface area contributed by atoms with Crippen molar-refractivity contribution in [3.05, 3.63) is 71.9 Å². The smallest absolute Gasteiger partial charge is 0.257 e. The number of pyridine rings is 1. The summed E-state index contributed by atoms with van der Waals surface area (Å²) in [4.78, 5) is 31.0. The minimum atomic E-state index is -0.328. The van der Waals surface area contributed by atoms with Gasteiger partial charge in [0.1, 0.15) is 22.8 Å². The van der Waals surface area contributed by atoms with Crippen LogP contribution in [0.5, 0.6) is 23.1 Å². The number of nitrogens with one attached hydrogen (secondary N) is 2. The fourth-order valence-electron chi connectivity index (χ4n) is 4.16. The number of thioether (sulfide) groups is 1. The molecule has 1 fully saturated rings. The molecule has 188 valence electrons. The summed E-state index contributed by atoms with van der Waals surface area (Å²) in [6, 6.07) is 15.6. The second-order valence-electron chi connectivity index (χ2n) is 8.52. The molecule has 1 saturated carbocycles. The van der Waals surface area contributed by atoms with E-state index in [4.69, 9.17) is 9.47 Å². The molecule has 0 radical (unpaired) electrons. The van der Waals surface area contributed by atoms with Gasteiger partial charge in [-0.05, 0) is 74.4 Å². The Bertz CT molecular complexity index is 1230. The third-order valence-corrected chi connectivity index (χ3v) is 6.84. The minimum Gasteiger partial charge on any atom is -0.507 e. The van der Waals surface area contributed by atoms with Crippen LogP contribution >= 0.6 is 11.8 Å². The zero-order chi connectivity index (χ0) is 25.5. The van der Waals surface area contributed by atoms with E-state index in [9.17, 15) is 14.7 Å². The maximum Gasteiger partial charge on any atom is 0.257 e. The van der Waals surface area contributed by atoms with Crippen molar-refractivity contribution in [1.29, 1.82) is 0 Å². The first kappa shape index (κ1) is 25.4. The van der Waals surface area contributed by atoms with Gasteiger partial charge in [-0.25, -0.2) is 4.98 Å². The van der Waals surface area contributed by atoms with E-state index in [2.05, 4.69) is 15.6 Å². The fraction of sp³-hybridized carbons (Fsp3) is 0.296. The number of nitrogens with zero attached hydrogens (tertiary/aromatic N) is 1. The highest BCUT2D eigenvalue weighted by Gasteiger charge is 2.26. The number of aromatic nitrogens is 1. The minimum absolute atomic E-state index is 0.0204. The first-order valence-electron chi connectivity index (χ1n) is 11.7. The quantitative estimate of drug-likeness (QED) is 0.376. The molecule has 1 aliphatic carbocycles. The third kappa shape index (κ3) is 6.28. The van der Waals surface area contributed by atoms with E-state index in [1.54, 1.807) is 42.2 Å². The van der Waals surface area contributed by atoms with Gasteiger partial charge < -0.3 is 25.2 Å². The summed E-state index contributed by atoms with van der Waals surface area (Å²) >= 11 is 1.61. The van der Waals surface area contributed by atoms with Crippen LogP contribution in [0, 0.1) is 0 Å². The van der Waals surface area contributed by atoms with Gasteiger partial charge in [0.2, 0.25) is 5.88 Å². The first-order chi connectivity index (χ1) is 17.5. The fourth-order valence-corrected chi connectivity index (χ4v) is 4.61. The average molecular weight is 508 g/mol. The molecule has 0 bridgehead atoms. The maximum absolute atomic E-state index is 13.0. The molecule has 1 aromatic heterocycles. The lowest BCUT2D eigenvalue weighted by Gasteiger charge is -2.29. The van der Waals surface area contributed by atoms with Gasteiger partial charge >= 0.3 is 0 Å². The highest BCUT2D eigenvalue weighted by atomic mass is 32.2. The molecule has 9 heteroatoms. The zero-order valence-electron chi connectivity index (χ0n) is 20.2. The van der Waals surface area contributed by atoms with Crippen LogP contribution in [0.4, 0.5) is 0 Å². The van der Waals surface area contributed by atoms with Crippen LogP contribution in [-0.4, -0.2) is 47.4 Å². The van der Waals surface area contributed by atoms with Crippen LogP contribution < -0.4 is 20.1 Å². The van der Waals surface area contributed by atoms with Crippen LogP contribution in [0.25, 0.3) is 0 Å². The number of ether oxygens (including phenoxy) is 2. The monoisotopic (exact) mass is 507 g/mol. The van der Waals surface area contributed by atoms with Gasteiger partial charge in [0.05, 0.1) is 12.7 Å². The molecule has 1 heterocycles. The van der Waals surface area contributed by atoms with Gasteiger partial charge in [-0.15, -0.1) is 11.8 Å². The molecule has 2 amide bonds. The Kier molecular flexibility index (Phi) is 8.32. The lowest BCUT2D eigenvalue weighted by atomic mass is 9.90. The van der Waals surface area contributed by atoms with Crippen molar-refractivity contribution in [2.45, 2.75) is 42.7 Å². The Morgan fingerprint density at radius 3 is 2.25 bits per heavy atom. The molecule has 4 rings (SSSR count). The summed E-state index contributed by atoms with van der Waals surface area (Å²) in [6.45, 7) is 0. The molecule has 36 heavy (non-hydrogen) atoms. The molecule has 0 saturated heterocycles. The van der Waals surface area contributed by atoms with Gasteiger partial charge in [0.15, 0.2) is 0 Å². The summed E-state index contributed by atoms with van der Waals surface area (Å²) in [5.41, 5.74) is 0.580. The molecule has 0 aliphatic heterocycles. The van der Waals surface area contributed by atoms with Crippen LogP contribution in [0.2, 0.25) is 0 Å². The van der Waals surface area contributed by atoms with Crippen molar-refractivity contribution in [3.63, 3.8) is 0 Å². The standard InChI is InChI=1S/C27H29N3O5S/c1-34-19-12-13-22(24(31)16-19)25(32)29-17-8-10-18(11-9-17)30-26(33)23-7-4-14-28-27(23)35-20-5-3-6-21(15-20)36-2/h3-7,12-18,31H,8-11H2,1-2H3,(H,29,32)(H,30,33). The average Bonchev–Trinajstić information content (AvgIpc) is 2.90. The number of phenolic OH excluding ortho intramolecular Hbond substituents is 1. The highest BCUT2D eigenvalue weighted by Crippen LogP contribution is 2.28. The zero-order valence-corrected chi connectivity index (χ0v) is 21.0. The number of phenols is 1. The van der Waals surface area contributed by atoms with Crippen LogP contribution in [0.15, 0.2) is 65.7 Å². The molecule has 0 unspecified atom stereocenters. The number of hydrogen-bond donors (Lipinski definition) is 3. The predicted molar refractivity (Wildman–Crippen MR) is 138 cm³/mol. The van der Waals surface area contributed by atoms with Crippen molar-refractivity contribution >= 4 is 23.6 Å². The SMILES string of the molecule is COc1ccc(C(=O)NC2CCC(NC(=O)c3cccnc3Oc3cccc(SC)c3)CC2)c(O)c1. The molecule has 3 N–H and O–H groups in total. The number of carbonyl (C=O) groups is 2. The van der Waals surface area contributed by atoms with E-state index in [0.29, 0.717) is 29.9 Å². The second-order valence-corrected chi connectivity index (χ2v) is 9.40. The second kappa shape index (κ2) is 11.8. The summed E-state index contributed by atoms with van der Waals surface area (Å²) in [6.07, 6.45) is 6.45. The van der Waals surface area contributed by atoms with E-state index < -0.39 is 0 Å². The normalized spacial score (nSPS) is 17.2. The molecule has 3 aromatic rings. The Balaban J connectivity index is 1.32. The maximum atomic E-state index is 13.0. The van der Waals surface area contributed by atoms with E-state index >= 15 is 0 Å². The van der Waals surface area contributed by atoms with Gasteiger partial charge in [-0.3, -0.25) is 9.59 Å². The first-order valence-corrected chi connectivity index (χ1v) is 12.9. The topological polar surface area (TPSA) is 110 Å². The van der Waals surface area contributed by atoms with Crippen LogP contribution in [0.1, 0.15) is 46.4 Å². The number of methoxy groups -OCH3 is 1. The number of hydrogen-bond acceptors (Lipinski definition) is 7. The predicted octanol–water partition coefficient (Wildman–Crippen LogP) is 4.78.